The number of hydroxylamine groups is 2. The van der Waals surface area contributed by atoms with E-state index in [4.69, 9.17) is 4.84 Å². The standard InChI is InChI=1S/C16H14FNO2/c17-14-9-5-4-8-13(14)16(19)18-15(10-11-20-18)12-6-2-1-3-7-12/h1-9,15H,10-11H2. The third-order valence-electron chi connectivity index (χ3n) is 3.39. The van der Waals surface area contributed by atoms with E-state index in [0.29, 0.717) is 13.0 Å². The number of carbonyl (C=O) groups excluding carboxylic acids is 1. The van der Waals surface area contributed by atoms with Crippen LogP contribution in [0.5, 0.6) is 0 Å². The van der Waals surface area contributed by atoms with Crippen molar-refractivity contribution < 1.29 is 14.0 Å². The Bertz CT molecular complexity index is 615. The van der Waals surface area contributed by atoms with Crippen molar-refractivity contribution in [2.24, 2.45) is 0 Å². The first-order valence-corrected chi connectivity index (χ1v) is 6.53. The van der Waals surface area contributed by atoms with Crippen LogP contribution in [-0.4, -0.2) is 17.6 Å². The largest absolute Gasteiger partial charge is 0.280 e. The molecule has 0 N–H and O–H groups in total. The van der Waals surface area contributed by atoms with Gasteiger partial charge in [-0.05, 0) is 17.7 Å². The lowest BCUT2D eigenvalue weighted by atomic mass is 10.0. The normalized spacial score (nSPS) is 18.2. The highest BCUT2D eigenvalue weighted by molar-refractivity contribution is 5.94. The Morgan fingerprint density at radius 3 is 2.55 bits per heavy atom. The Hall–Kier alpha value is -2.20. The molecule has 0 aromatic heterocycles. The maximum absolute atomic E-state index is 13.7. The Balaban J connectivity index is 1.90. The van der Waals surface area contributed by atoms with Crippen molar-refractivity contribution in [3.63, 3.8) is 0 Å². The Morgan fingerprint density at radius 2 is 1.80 bits per heavy atom. The Labute approximate surface area is 116 Å². The third-order valence-corrected chi connectivity index (χ3v) is 3.39. The lowest BCUT2D eigenvalue weighted by Crippen LogP contribution is -2.30. The number of benzene rings is 2. The summed E-state index contributed by atoms with van der Waals surface area (Å²) in [7, 11) is 0. The number of nitrogens with zero attached hydrogens (tertiary/aromatic N) is 1. The SMILES string of the molecule is O=C(c1ccccc1F)N1OCCC1c1ccccc1. The average molecular weight is 271 g/mol. The molecule has 1 fully saturated rings. The minimum absolute atomic E-state index is 0.0373. The van der Waals surface area contributed by atoms with Gasteiger partial charge in [-0.15, -0.1) is 0 Å². The van der Waals surface area contributed by atoms with Gasteiger partial charge >= 0.3 is 0 Å². The Kier molecular flexibility index (Phi) is 3.48. The molecule has 1 amide bonds. The minimum atomic E-state index is -0.528. The van der Waals surface area contributed by atoms with Crippen molar-refractivity contribution in [3.05, 3.63) is 71.5 Å². The summed E-state index contributed by atoms with van der Waals surface area (Å²) in [5.74, 6) is -0.964. The van der Waals surface area contributed by atoms with E-state index < -0.39 is 11.7 Å². The number of hydrogen-bond donors (Lipinski definition) is 0. The molecule has 0 saturated carbocycles. The fraction of sp³-hybridized carbons (Fsp3) is 0.188. The van der Waals surface area contributed by atoms with Crippen molar-refractivity contribution in [1.82, 2.24) is 5.06 Å². The number of rotatable bonds is 2. The highest BCUT2D eigenvalue weighted by atomic mass is 19.1. The van der Waals surface area contributed by atoms with Gasteiger partial charge in [-0.1, -0.05) is 42.5 Å². The van der Waals surface area contributed by atoms with Gasteiger partial charge < -0.3 is 0 Å². The van der Waals surface area contributed by atoms with Crippen molar-refractivity contribution >= 4 is 5.91 Å². The fourth-order valence-corrected chi connectivity index (χ4v) is 2.40. The van der Waals surface area contributed by atoms with E-state index in [-0.39, 0.29) is 11.6 Å². The predicted octanol–water partition coefficient (Wildman–Crippen LogP) is 3.34. The highest BCUT2D eigenvalue weighted by Gasteiger charge is 2.33. The second-order valence-electron chi connectivity index (χ2n) is 4.66. The molecule has 1 unspecified atom stereocenters. The topological polar surface area (TPSA) is 29.5 Å². The van der Waals surface area contributed by atoms with Gasteiger partial charge in [0.15, 0.2) is 0 Å². The van der Waals surface area contributed by atoms with E-state index in [1.807, 2.05) is 30.3 Å². The van der Waals surface area contributed by atoms with Gasteiger partial charge in [-0.2, -0.15) is 0 Å². The summed E-state index contributed by atoms with van der Waals surface area (Å²) in [6.45, 7) is 0.458. The first-order chi connectivity index (χ1) is 9.77. The second-order valence-corrected chi connectivity index (χ2v) is 4.66. The number of amides is 1. The van der Waals surface area contributed by atoms with Gasteiger partial charge in [0.05, 0.1) is 18.2 Å². The van der Waals surface area contributed by atoms with Gasteiger partial charge in [0.2, 0.25) is 0 Å². The van der Waals surface area contributed by atoms with Crippen LogP contribution in [0.25, 0.3) is 0 Å². The summed E-state index contributed by atoms with van der Waals surface area (Å²) in [4.78, 5) is 17.8. The van der Waals surface area contributed by atoms with Gasteiger partial charge in [-0.25, -0.2) is 9.45 Å². The van der Waals surface area contributed by atoms with E-state index in [1.165, 1.54) is 17.2 Å². The van der Waals surface area contributed by atoms with E-state index in [1.54, 1.807) is 12.1 Å². The van der Waals surface area contributed by atoms with Crippen molar-refractivity contribution in [1.29, 1.82) is 0 Å². The number of hydrogen-bond acceptors (Lipinski definition) is 2. The molecular weight excluding hydrogens is 257 g/mol. The van der Waals surface area contributed by atoms with Gasteiger partial charge in [0.1, 0.15) is 5.82 Å². The molecule has 102 valence electrons. The lowest BCUT2D eigenvalue weighted by molar-refractivity contribution is -0.0967. The quantitative estimate of drug-likeness (QED) is 0.838. The van der Waals surface area contributed by atoms with Crippen LogP contribution >= 0.6 is 0 Å². The van der Waals surface area contributed by atoms with E-state index in [0.717, 1.165) is 5.56 Å². The molecule has 3 rings (SSSR count). The molecule has 3 nitrogen and oxygen atoms in total. The van der Waals surface area contributed by atoms with E-state index in [2.05, 4.69) is 0 Å². The molecular formula is C16H14FNO2. The molecule has 0 radical (unpaired) electrons. The number of halogens is 1. The maximum Gasteiger partial charge on any atom is 0.280 e. The summed E-state index contributed by atoms with van der Waals surface area (Å²) >= 11 is 0. The van der Waals surface area contributed by atoms with Crippen LogP contribution in [0.4, 0.5) is 4.39 Å². The number of carbonyl (C=O) groups is 1. The first kappa shape index (κ1) is 12.8. The van der Waals surface area contributed by atoms with Crippen molar-refractivity contribution in [2.45, 2.75) is 12.5 Å². The van der Waals surface area contributed by atoms with Crippen LogP contribution in [0.3, 0.4) is 0 Å². The summed E-state index contributed by atoms with van der Waals surface area (Å²) in [6, 6.07) is 15.4. The average Bonchev–Trinajstić information content (AvgIpc) is 2.97. The molecule has 2 aromatic rings. The monoisotopic (exact) mass is 271 g/mol. The highest BCUT2D eigenvalue weighted by Crippen LogP contribution is 2.31. The van der Waals surface area contributed by atoms with Gasteiger partial charge in [0, 0.05) is 6.42 Å². The van der Waals surface area contributed by atoms with Gasteiger partial charge in [-0.3, -0.25) is 9.63 Å². The van der Waals surface area contributed by atoms with E-state index in [9.17, 15) is 9.18 Å². The van der Waals surface area contributed by atoms with Gasteiger partial charge in [0.25, 0.3) is 5.91 Å². The summed E-state index contributed by atoms with van der Waals surface area (Å²) in [6.07, 6.45) is 0.713. The van der Waals surface area contributed by atoms with Crippen LogP contribution in [0.1, 0.15) is 28.4 Å². The molecule has 0 spiro atoms. The Morgan fingerprint density at radius 1 is 1.10 bits per heavy atom. The second kappa shape index (κ2) is 5.43. The molecule has 2 aromatic carbocycles. The molecule has 20 heavy (non-hydrogen) atoms. The summed E-state index contributed by atoms with van der Waals surface area (Å²) in [5.41, 5.74) is 1.03. The van der Waals surface area contributed by atoms with Crippen LogP contribution < -0.4 is 0 Å². The minimum Gasteiger partial charge on any atom is -0.270 e. The molecule has 4 heteroatoms. The molecule has 1 aliphatic rings. The molecule has 0 aliphatic carbocycles. The zero-order chi connectivity index (χ0) is 13.9. The predicted molar refractivity (Wildman–Crippen MR) is 72.3 cm³/mol. The maximum atomic E-state index is 13.7. The molecule has 1 heterocycles. The fourth-order valence-electron chi connectivity index (χ4n) is 2.40. The van der Waals surface area contributed by atoms with Crippen LogP contribution in [0, 0.1) is 5.82 Å². The third kappa shape index (κ3) is 2.30. The van der Waals surface area contributed by atoms with Crippen molar-refractivity contribution in [3.8, 4) is 0 Å². The molecule has 1 aliphatic heterocycles. The summed E-state index contributed by atoms with van der Waals surface area (Å²) < 4.78 is 13.7. The molecule has 1 saturated heterocycles. The molecule has 1 atom stereocenters. The lowest BCUT2D eigenvalue weighted by Gasteiger charge is -2.23. The van der Waals surface area contributed by atoms with Crippen molar-refractivity contribution in [2.75, 3.05) is 6.61 Å². The molecule has 0 bridgehead atoms. The van der Waals surface area contributed by atoms with Crippen LogP contribution in [-0.2, 0) is 4.84 Å². The van der Waals surface area contributed by atoms with E-state index >= 15 is 0 Å². The van der Waals surface area contributed by atoms with Crippen LogP contribution in [0.15, 0.2) is 54.6 Å². The summed E-state index contributed by atoms with van der Waals surface area (Å²) in [5, 5.41) is 1.29. The zero-order valence-electron chi connectivity index (χ0n) is 10.8. The zero-order valence-corrected chi connectivity index (χ0v) is 10.8. The van der Waals surface area contributed by atoms with Crippen LogP contribution in [0.2, 0.25) is 0 Å². The first-order valence-electron chi connectivity index (χ1n) is 6.53. The smallest absolute Gasteiger partial charge is 0.270 e.